The Balaban J connectivity index is 1.40. The van der Waals surface area contributed by atoms with Gasteiger partial charge in [0.05, 0.1) is 5.52 Å². The molecule has 0 aliphatic carbocycles. The zero-order chi connectivity index (χ0) is 22.7. The first-order valence-electron chi connectivity index (χ1n) is 11.2. The van der Waals surface area contributed by atoms with Gasteiger partial charge in [-0.3, -0.25) is 4.98 Å². The normalized spacial score (nSPS) is 12.1. The lowest BCUT2D eigenvalue weighted by Gasteiger charge is -2.19. The van der Waals surface area contributed by atoms with Crippen LogP contribution in [0.2, 0.25) is 0 Å². The first-order valence-corrected chi connectivity index (χ1v) is 11.2. The summed E-state index contributed by atoms with van der Waals surface area (Å²) < 4.78 is 1.98. The fraction of sp³-hybridized carbons (Fsp3) is 0.0714. The molecule has 0 aliphatic rings. The summed E-state index contributed by atoms with van der Waals surface area (Å²) >= 11 is 0. The second-order valence-corrected chi connectivity index (χ2v) is 8.12. The van der Waals surface area contributed by atoms with Crippen molar-refractivity contribution in [1.82, 2.24) is 24.3 Å². The molecule has 1 unspecified atom stereocenters. The number of pyridine rings is 2. The molecule has 0 spiro atoms. The van der Waals surface area contributed by atoms with E-state index in [4.69, 9.17) is 9.97 Å². The van der Waals surface area contributed by atoms with E-state index >= 15 is 0 Å². The number of hydrogen-bond donors (Lipinski definition) is 1. The fourth-order valence-corrected chi connectivity index (χ4v) is 4.25. The maximum atomic E-state index is 4.95. The van der Waals surface area contributed by atoms with Gasteiger partial charge < -0.3 is 9.72 Å². The number of rotatable bonds is 6. The average Bonchev–Trinajstić information content (AvgIpc) is 3.38. The second kappa shape index (κ2) is 8.75. The summed E-state index contributed by atoms with van der Waals surface area (Å²) in [5, 5.41) is 4.61. The Morgan fingerprint density at radius 3 is 2.50 bits per heavy atom. The molecule has 0 amide bonds. The van der Waals surface area contributed by atoms with Gasteiger partial charge >= 0.3 is 0 Å². The van der Waals surface area contributed by atoms with Gasteiger partial charge in [0.1, 0.15) is 11.5 Å². The topological polar surface area (TPSA) is 68.0 Å². The molecule has 6 rings (SSSR count). The van der Waals surface area contributed by atoms with Crippen LogP contribution in [0.15, 0.2) is 110 Å². The highest BCUT2D eigenvalue weighted by Gasteiger charge is 2.17. The number of benzene rings is 2. The smallest absolute Gasteiger partial charge is 0.163 e. The first kappa shape index (κ1) is 20.1. The summed E-state index contributed by atoms with van der Waals surface area (Å²) in [5.41, 5.74) is 4.95. The van der Waals surface area contributed by atoms with Gasteiger partial charge in [0, 0.05) is 53.9 Å². The van der Waals surface area contributed by atoms with Gasteiger partial charge in [-0.1, -0.05) is 48.5 Å². The van der Waals surface area contributed by atoms with Crippen molar-refractivity contribution < 1.29 is 0 Å². The van der Waals surface area contributed by atoms with E-state index in [9.17, 15) is 0 Å². The lowest BCUT2D eigenvalue weighted by Crippen LogP contribution is -2.16. The Morgan fingerprint density at radius 1 is 0.765 bits per heavy atom. The lowest BCUT2D eigenvalue weighted by molar-refractivity contribution is 0.813. The van der Waals surface area contributed by atoms with Gasteiger partial charge in [0.2, 0.25) is 0 Å². The number of anilines is 1. The average molecular weight is 443 g/mol. The maximum Gasteiger partial charge on any atom is 0.163 e. The van der Waals surface area contributed by atoms with Crippen LogP contribution in [0.25, 0.3) is 27.9 Å². The quantitative estimate of drug-likeness (QED) is 0.365. The van der Waals surface area contributed by atoms with Crippen molar-refractivity contribution in [2.24, 2.45) is 0 Å². The van der Waals surface area contributed by atoms with Gasteiger partial charge in [-0.2, -0.15) is 0 Å². The van der Waals surface area contributed by atoms with Crippen molar-refractivity contribution in [3.05, 3.63) is 121 Å². The standard InChI is InChI=1S/C28H22N6/c1-2-8-20(9-3-1)23(24-11-6-7-15-29-24)18-31-28-22-10-4-5-12-25(22)32-27(33-28)21-13-14-26-30-16-17-34(26)19-21/h1-17,19,23H,18H2,(H,31,32,33). The number of imidazole rings is 1. The van der Waals surface area contributed by atoms with Crippen LogP contribution in [-0.4, -0.2) is 30.9 Å². The molecule has 34 heavy (non-hydrogen) atoms. The fourth-order valence-electron chi connectivity index (χ4n) is 4.25. The molecule has 164 valence electrons. The summed E-state index contributed by atoms with van der Waals surface area (Å²) in [7, 11) is 0. The molecule has 0 saturated heterocycles. The highest BCUT2D eigenvalue weighted by molar-refractivity contribution is 5.90. The maximum absolute atomic E-state index is 4.95. The molecule has 0 aliphatic heterocycles. The molecule has 4 heterocycles. The molecule has 0 radical (unpaired) electrons. The van der Waals surface area contributed by atoms with E-state index in [0.717, 1.165) is 33.6 Å². The highest BCUT2D eigenvalue weighted by Crippen LogP contribution is 2.28. The third-order valence-corrected chi connectivity index (χ3v) is 5.97. The predicted molar refractivity (Wildman–Crippen MR) is 135 cm³/mol. The Morgan fingerprint density at radius 2 is 1.62 bits per heavy atom. The minimum absolute atomic E-state index is 0.0851. The van der Waals surface area contributed by atoms with E-state index in [1.165, 1.54) is 5.56 Å². The second-order valence-electron chi connectivity index (χ2n) is 8.12. The molecule has 6 nitrogen and oxygen atoms in total. The van der Waals surface area contributed by atoms with Crippen LogP contribution in [-0.2, 0) is 0 Å². The molecule has 2 aromatic carbocycles. The summed E-state index contributed by atoms with van der Waals surface area (Å²) in [6.07, 6.45) is 7.57. The van der Waals surface area contributed by atoms with Crippen LogP contribution in [0.3, 0.4) is 0 Å². The van der Waals surface area contributed by atoms with Crippen molar-refractivity contribution in [2.75, 3.05) is 11.9 Å². The third kappa shape index (κ3) is 3.86. The molecular weight excluding hydrogens is 420 g/mol. The van der Waals surface area contributed by atoms with E-state index in [2.05, 4.69) is 51.7 Å². The molecule has 1 N–H and O–H groups in total. The summed E-state index contributed by atoms with van der Waals surface area (Å²) in [4.78, 5) is 18.8. The molecular formula is C28H22N6. The number of para-hydroxylation sites is 1. The summed E-state index contributed by atoms with van der Waals surface area (Å²) in [6.45, 7) is 0.655. The van der Waals surface area contributed by atoms with Gasteiger partial charge in [0.15, 0.2) is 5.82 Å². The molecule has 6 aromatic rings. The zero-order valence-corrected chi connectivity index (χ0v) is 18.4. The van der Waals surface area contributed by atoms with Gasteiger partial charge in [-0.25, -0.2) is 15.0 Å². The summed E-state index contributed by atoms with van der Waals surface area (Å²) in [6, 6.07) is 28.6. The Labute approximate surface area is 197 Å². The molecule has 6 heteroatoms. The van der Waals surface area contributed by atoms with E-state index in [1.807, 2.05) is 71.5 Å². The van der Waals surface area contributed by atoms with E-state index < -0.39 is 0 Å². The largest absolute Gasteiger partial charge is 0.368 e. The predicted octanol–water partition coefficient (Wildman–Crippen LogP) is 5.58. The van der Waals surface area contributed by atoms with Gasteiger partial charge in [0.25, 0.3) is 0 Å². The Hall–Kier alpha value is -4.58. The number of nitrogens with zero attached hydrogens (tertiary/aromatic N) is 5. The minimum atomic E-state index is 0.0851. The molecule has 1 atom stereocenters. The van der Waals surface area contributed by atoms with Crippen molar-refractivity contribution in [2.45, 2.75) is 5.92 Å². The SMILES string of the molecule is c1ccc(C(CNc2nc(-c3ccc4nccn4c3)nc3ccccc23)c2ccccn2)cc1. The molecule has 0 saturated carbocycles. The van der Waals surface area contributed by atoms with Crippen LogP contribution in [0.1, 0.15) is 17.2 Å². The van der Waals surface area contributed by atoms with Gasteiger partial charge in [-0.15, -0.1) is 0 Å². The van der Waals surface area contributed by atoms with Crippen LogP contribution >= 0.6 is 0 Å². The zero-order valence-electron chi connectivity index (χ0n) is 18.4. The number of nitrogens with one attached hydrogen (secondary N) is 1. The minimum Gasteiger partial charge on any atom is -0.368 e. The van der Waals surface area contributed by atoms with E-state index in [1.54, 1.807) is 6.20 Å². The monoisotopic (exact) mass is 442 g/mol. The highest BCUT2D eigenvalue weighted by atomic mass is 15.0. The van der Waals surface area contributed by atoms with Gasteiger partial charge in [-0.05, 0) is 42.0 Å². The van der Waals surface area contributed by atoms with Crippen molar-refractivity contribution >= 4 is 22.4 Å². The number of fused-ring (bicyclic) bond motifs is 2. The van der Waals surface area contributed by atoms with Crippen LogP contribution in [0.5, 0.6) is 0 Å². The number of aromatic nitrogens is 5. The van der Waals surface area contributed by atoms with Crippen LogP contribution in [0.4, 0.5) is 5.82 Å². The molecule has 0 fully saturated rings. The van der Waals surface area contributed by atoms with Crippen molar-refractivity contribution in [3.63, 3.8) is 0 Å². The van der Waals surface area contributed by atoms with E-state index in [-0.39, 0.29) is 5.92 Å². The van der Waals surface area contributed by atoms with E-state index in [0.29, 0.717) is 12.4 Å². The number of hydrogen-bond acceptors (Lipinski definition) is 5. The lowest BCUT2D eigenvalue weighted by atomic mass is 9.95. The first-order chi connectivity index (χ1) is 16.8. The molecule has 0 bridgehead atoms. The Kier molecular flexibility index (Phi) is 5.16. The third-order valence-electron chi connectivity index (χ3n) is 5.97. The Bertz CT molecular complexity index is 1520. The van der Waals surface area contributed by atoms with Crippen molar-refractivity contribution in [1.29, 1.82) is 0 Å². The van der Waals surface area contributed by atoms with Crippen LogP contribution in [0, 0.1) is 0 Å². The van der Waals surface area contributed by atoms with Crippen LogP contribution < -0.4 is 5.32 Å². The van der Waals surface area contributed by atoms with Crippen molar-refractivity contribution in [3.8, 4) is 11.4 Å². The molecule has 4 aromatic heterocycles. The summed E-state index contributed by atoms with van der Waals surface area (Å²) in [5.74, 6) is 1.57.